The Balaban J connectivity index is 1.99. The molecule has 0 radical (unpaired) electrons. The third-order valence-corrected chi connectivity index (χ3v) is 3.48. The summed E-state index contributed by atoms with van der Waals surface area (Å²) >= 11 is 0. The van der Waals surface area contributed by atoms with Crippen LogP contribution in [0.2, 0.25) is 0 Å². The molecule has 20 heavy (non-hydrogen) atoms. The van der Waals surface area contributed by atoms with E-state index in [1.165, 1.54) is 22.7 Å². The lowest BCUT2D eigenvalue weighted by Gasteiger charge is -2.26. The summed E-state index contributed by atoms with van der Waals surface area (Å²) in [6.45, 7) is 1.53. The molecular weight excluding hydrogens is 260 g/mol. The van der Waals surface area contributed by atoms with Crippen molar-refractivity contribution >= 4 is 17.4 Å². The highest BCUT2D eigenvalue weighted by molar-refractivity contribution is 6.02. The van der Waals surface area contributed by atoms with Crippen molar-refractivity contribution in [1.29, 1.82) is 0 Å². The Labute approximate surface area is 114 Å². The number of rotatable bonds is 4. The van der Waals surface area contributed by atoms with Crippen molar-refractivity contribution in [3.63, 3.8) is 0 Å². The van der Waals surface area contributed by atoms with Crippen molar-refractivity contribution in [2.24, 2.45) is 0 Å². The van der Waals surface area contributed by atoms with Gasteiger partial charge in [0.05, 0.1) is 11.8 Å². The van der Waals surface area contributed by atoms with E-state index in [4.69, 9.17) is 5.11 Å². The van der Waals surface area contributed by atoms with Gasteiger partial charge in [0.25, 0.3) is 5.91 Å². The lowest BCUT2D eigenvalue weighted by Crippen LogP contribution is -2.44. The van der Waals surface area contributed by atoms with E-state index in [9.17, 15) is 9.59 Å². The SMILES string of the molecule is CC(C(=O)O)N(C(=O)c1cnn2ncccc12)C1CC1. The molecule has 7 nitrogen and oxygen atoms in total. The fourth-order valence-electron chi connectivity index (χ4n) is 2.27. The van der Waals surface area contributed by atoms with Gasteiger partial charge in [0.1, 0.15) is 11.6 Å². The van der Waals surface area contributed by atoms with Gasteiger partial charge >= 0.3 is 5.97 Å². The molecule has 0 aromatic carbocycles. The molecule has 1 aliphatic carbocycles. The second-order valence-corrected chi connectivity index (χ2v) is 4.91. The molecular formula is C13H14N4O3. The maximum Gasteiger partial charge on any atom is 0.326 e. The summed E-state index contributed by atoms with van der Waals surface area (Å²) in [5.74, 6) is -1.30. The summed E-state index contributed by atoms with van der Waals surface area (Å²) in [5, 5.41) is 17.2. The van der Waals surface area contributed by atoms with E-state index in [2.05, 4.69) is 10.2 Å². The average molecular weight is 274 g/mol. The summed E-state index contributed by atoms with van der Waals surface area (Å²) in [6, 6.07) is 2.63. The van der Waals surface area contributed by atoms with Gasteiger partial charge in [0.15, 0.2) is 0 Å². The molecule has 1 atom stereocenters. The van der Waals surface area contributed by atoms with Crippen LogP contribution in [-0.4, -0.2) is 48.8 Å². The molecule has 1 fully saturated rings. The van der Waals surface area contributed by atoms with E-state index in [1.54, 1.807) is 18.3 Å². The highest BCUT2D eigenvalue weighted by Gasteiger charge is 2.39. The number of fused-ring (bicyclic) bond motifs is 1. The normalized spacial score (nSPS) is 16.1. The van der Waals surface area contributed by atoms with Crippen LogP contribution in [0.1, 0.15) is 30.1 Å². The molecule has 2 aromatic rings. The van der Waals surface area contributed by atoms with Gasteiger partial charge in [-0.3, -0.25) is 4.79 Å². The largest absolute Gasteiger partial charge is 0.480 e. The van der Waals surface area contributed by atoms with E-state index in [0.29, 0.717) is 11.1 Å². The van der Waals surface area contributed by atoms with Gasteiger partial charge in [-0.2, -0.15) is 14.8 Å². The van der Waals surface area contributed by atoms with E-state index in [1.807, 2.05) is 0 Å². The number of carbonyl (C=O) groups is 2. The van der Waals surface area contributed by atoms with Crippen LogP contribution in [-0.2, 0) is 4.79 Å². The van der Waals surface area contributed by atoms with Crippen LogP contribution < -0.4 is 0 Å². The van der Waals surface area contributed by atoms with Crippen molar-refractivity contribution in [3.05, 3.63) is 30.1 Å². The van der Waals surface area contributed by atoms with Crippen molar-refractivity contribution in [2.75, 3.05) is 0 Å². The fraction of sp³-hybridized carbons (Fsp3) is 0.385. The summed E-state index contributed by atoms with van der Waals surface area (Å²) in [7, 11) is 0. The fourth-order valence-corrected chi connectivity index (χ4v) is 2.27. The van der Waals surface area contributed by atoms with Crippen LogP contribution in [0, 0.1) is 0 Å². The molecule has 1 N–H and O–H groups in total. The molecule has 2 aromatic heterocycles. The number of hydrogen-bond acceptors (Lipinski definition) is 4. The minimum atomic E-state index is -1.00. The number of carboxylic acids is 1. The molecule has 1 unspecified atom stereocenters. The molecule has 0 bridgehead atoms. The van der Waals surface area contributed by atoms with Gasteiger partial charge in [-0.05, 0) is 31.9 Å². The highest BCUT2D eigenvalue weighted by atomic mass is 16.4. The second kappa shape index (κ2) is 4.59. The average Bonchev–Trinajstić information content (AvgIpc) is 3.17. The molecule has 7 heteroatoms. The first-order valence-electron chi connectivity index (χ1n) is 6.44. The predicted octanol–water partition coefficient (Wildman–Crippen LogP) is 0.807. The zero-order valence-electron chi connectivity index (χ0n) is 10.9. The maximum absolute atomic E-state index is 12.6. The van der Waals surface area contributed by atoms with Crippen molar-refractivity contribution in [2.45, 2.75) is 31.8 Å². The molecule has 3 rings (SSSR count). The number of nitrogens with zero attached hydrogens (tertiary/aromatic N) is 4. The molecule has 1 saturated carbocycles. The standard InChI is InChI=1S/C13H14N4O3/c1-8(13(19)20)16(9-4-5-9)12(18)10-7-15-17-11(10)3-2-6-14-17/h2-3,6-9H,4-5H2,1H3,(H,19,20). The van der Waals surface area contributed by atoms with Crippen molar-refractivity contribution in [1.82, 2.24) is 19.7 Å². The smallest absolute Gasteiger partial charge is 0.326 e. The summed E-state index contributed by atoms with van der Waals surface area (Å²) < 4.78 is 1.36. The Morgan fingerprint density at radius 3 is 2.85 bits per heavy atom. The summed E-state index contributed by atoms with van der Waals surface area (Å²) in [5.41, 5.74) is 0.971. The minimum absolute atomic E-state index is 0.0141. The zero-order valence-corrected chi connectivity index (χ0v) is 10.9. The minimum Gasteiger partial charge on any atom is -0.480 e. The third-order valence-electron chi connectivity index (χ3n) is 3.48. The number of carboxylic acid groups (broad SMARTS) is 1. The van der Waals surface area contributed by atoms with Crippen molar-refractivity contribution < 1.29 is 14.7 Å². The van der Waals surface area contributed by atoms with Gasteiger partial charge in [-0.1, -0.05) is 0 Å². The summed E-state index contributed by atoms with van der Waals surface area (Å²) in [6.07, 6.45) is 4.71. The number of aliphatic carboxylic acids is 1. The molecule has 2 heterocycles. The van der Waals surface area contributed by atoms with Crippen LogP contribution in [0.4, 0.5) is 0 Å². The third kappa shape index (κ3) is 2.01. The Bertz CT molecular complexity index is 677. The summed E-state index contributed by atoms with van der Waals surface area (Å²) in [4.78, 5) is 25.2. The first-order valence-corrected chi connectivity index (χ1v) is 6.44. The lowest BCUT2D eigenvalue weighted by atomic mass is 10.2. The molecule has 0 spiro atoms. The Morgan fingerprint density at radius 2 is 2.20 bits per heavy atom. The topological polar surface area (TPSA) is 87.8 Å². The van der Waals surface area contributed by atoms with Gasteiger partial charge in [-0.25, -0.2) is 4.79 Å². The molecule has 0 aliphatic heterocycles. The van der Waals surface area contributed by atoms with E-state index >= 15 is 0 Å². The predicted molar refractivity (Wildman–Crippen MR) is 69.3 cm³/mol. The van der Waals surface area contributed by atoms with Crippen LogP contribution in [0.25, 0.3) is 5.52 Å². The first-order chi connectivity index (χ1) is 9.59. The molecule has 0 saturated heterocycles. The Morgan fingerprint density at radius 1 is 1.45 bits per heavy atom. The highest BCUT2D eigenvalue weighted by Crippen LogP contribution is 2.30. The molecule has 1 amide bonds. The number of hydrogen-bond donors (Lipinski definition) is 1. The van der Waals surface area contributed by atoms with Crippen LogP contribution in [0.3, 0.4) is 0 Å². The van der Waals surface area contributed by atoms with Crippen LogP contribution in [0.5, 0.6) is 0 Å². The maximum atomic E-state index is 12.6. The van der Waals surface area contributed by atoms with Gasteiger partial charge < -0.3 is 10.0 Å². The number of amides is 1. The molecule has 104 valence electrons. The monoisotopic (exact) mass is 274 g/mol. The van der Waals surface area contributed by atoms with Gasteiger partial charge in [-0.15, -0.1) is 0 Å². The van der Waals surface area contributed by atoms with Gasteiger partial charge in [0.2, 0.25) is 0 Å². The number of aromatic nitrogens is 3. The Hall–Kier alpha value is -2.44. The van der Waals surface area contributed by atoms with E-state index < -0.39 is 12.0 Å². The zero-order chi connectivity index (χ0) is 14.3. The lowest BCUT2D eigenvalue weighted by molar-refractivity contribution is -0.141. The van der Waals surface area contributed by atoms with Crippen LogP contribution in [0.15, 0.2) is 24.5 Å². The quantitative estimate of drug-likeness (QED) is 0.891. The van der Waals surface area contributed by atoms with Crippen molar-refractivity contribution in [3.8, 4) is 0 Å². The molecule has 1 aliphatic rings. The second-order valence-electron chi connectivity index (χ2n) is 4.91. The van der Waals surface area contributed by atoms with Gasteiger partial charge in [0, 0.05) is 12.2 Å². The Kier molecular flexibility index (Phi) is 2.89. The van der Waals surface area contributed by atoms with Crippen LogP contribution >= 0.6 is 0 Å². The number of carbonyl (C=O) groups excluding carboxylic acids is 1. The first kappa shape index (κ1) is 12.6. The van der Waals surface area contributed by atoms with E-state index in [0.717, 1.165) is 12.8 Å². The van der Waals surface area contributed by atoms with E-state index in [-0.39, 0.29) is 11.9 Å².